The van der Waals surface area contributed by atoms with Crippen LogP contribution in [0.4, 0.5) is 5.82 Å². The van der Waals surface area contributed by atoms with Crippen molar-refractivity contribution in [2.24, 2.45) is 4.99 Å². The molecule has 0 unspecified atom stereocenters. The molecule has 0 aromatic carbocycles. The summed E-state index contributed by atoms with van der Waals surface area (Å²) in [6.45, 7) is 0.437. The van der Waals surface area contributed by atoms with Crippen LogP contribution in [0.3, 0.4) is 0 Å². The lowest BCUT2D eigenvalue weighted by molar-refractivity contribution is 0.164. The van der Waals surface area contributed by atoms with E-state index in [1.807, 2.05) is 12.1 Å². The molecule has 19 heavy (non-hydrogen) atoms. The summed E-state index contributed by atoms with van der Waals surface area (Å²) >= 11 is 0. The first-order valence-corrected chi connectivity index (χ1v) is 5.62. The first kappa shape index (κ1) is 11.5. The van der Waals surface area contributed by atoms with E-state index in [-0.39, 0.29) is 0 Å². The lowest BCUT2D eigenvalue weighted by atomic mass is 10.4. The molecule has 0 aliphatic heterocycles. The average molecular weight is 257 g/mol. The third-order valence-electron chi connectivity index (χ3n) is 2.49. The average Bonchev–Trinajstić information content (AvgIpc) is 3.05. The summed E-state index contributed by atoms with van der Waals surface area (Å²) in [5.74, 6) is 1.91. The molecule has 0 spiro atoms. The van der Waals surface area contributed by atoms with Crippen LogP contribution in [0.5, 0.6) is 0 Å². The lowest BCUT2D eigenvalue weighted by Crippen LogP contribution is -1.84. The van der Waals surface area contributed by atoms with Gasteiger partial charge in [-0.15, -0.1) is 0 Å². The highest BCUT2D eigenvalue weighted by atomic mass is 16.5. The minimum Gasteiger partial charge on any atom is -0.458 e. The van der Waals surface area contributed by atoms with E-state index in [4.69, 9.17) is 9.15 Å². The number of ether oxygens (including phenoxy) is 1. The monoisotopic (exact) mass is 257 g/mol. The van der Waals surface area contributed by atoms with Crippen LogP contribution in [0.15, 0.2) is 34.2 Å². The maximum Gasteiger partial charge on any atom is 0.182 e. The summed E-state index contributed by atoms with van der Waals surface area (Å²) in [6, 6.07) is 3.67. The van der Waals surface area contributed by atoms with Gasteiger partial charge in [0, 0.05) is 7.11 Å². The second-order valence-corrected chi connectivity index (χ2v) is 3.79. The number of furan rings is 1. The zero-order valence-electron chi connectivity index (χ0n) is 10.2. The molecule has 7 nitrogen and oxygen atoms in total. The van der Waals surface area contributed by atoms with Crippen molar-refractivity contribution in [2.75, 3.05) is 7.11 Å². The van der Waals surface area contributed by atoms with E-state index < -0.39 is 0 Å². The SMILES string of the molecule is COCc1ccc(C=Nc2ncnc3nc[nH]c23)o1. The Morgan fingerprint density at radius 2 is 2.32 bits per heavy atom. The van der Waals surface area contributed by atoms with Crippen LogP contribution >= 0.6 is 0 Å². The molecule has 3 aromatic heterocycles. The van der Waals surface area contributed by atoms with Crippen molar-refractivity contribution < 1.29 is 9.15 Å². The normalized spacial score (nSPS) is 11.6. The van der Waals surface area contributed by atoms with E-state index in [0.29, 0.717) is 29.3 Å². The van der Waals surface area contributed by atoms with Gasteiger partial charge in [-0.3, -0.25) is 0 Å². The van der Waals surface area contributed by atoms with Crippen molar-refractivity contribution in [2.45, 2.75) is 6.61 Å². The number of aliphatic imine (C=N–C) groups is 1. The van der Waals surface area contributed by atoms with Gasteiger partial charge in [-0.1, -0.05) is 0 Å². The highest BCUT2D eigenvalue weighted by Crippen LogP contribution is 2.17. The highest BCUT2D eigenvalue weighted by molar-refractivity contribution is 5.85. The Hall–Kier alpha value is -2.54. The maximum atomic E-state index is 5.50. The van der Waals surface area contributed by atoms with Gasteiger partial charge in [-0.2, -0.15) is 0 Å². The number of imidazole rings is 1. The van der Waals surface area contributed by atoms with Gasteiger partial charge >= 0.3 is 0 Å². The van der Waals surface area contributed by atoms with Gasteiger partial charge in [0.05, 0.1) is 12.5 Å². The number of H-pyrrole nitrogens is 1. The van der Waals surface area contributed by atoms with E-state index in [1.165, 1.54) is 6.33 Å². The molecule has 96 valence electrons. The van der Waals surface area contributed by atoms with E-state index in [1.54, 1.807) is 19.7 Å². The molecule has 0 bridgehead atoms. The fourth-order valence-electron chi connectivity index (χ4n) is 1.66. The predicted octanol–water partition coefficient (Wildman–Crippen LogP) is 1.84. The molecular formula is C12H11N5O2. The molecule has 0 aliphatic rings. The molecule has 0 fully saturated rings. The molecule has 3 aromatic rings. The summed E-state index contributed by atoms with van der Waals surface area (Å²) in [4.78, 5) is 19.4. The number of nitrogens with zero attached hydrogens (tertiary/aromatic N) is 4. The van der Waals surface area contributed by atoms with Crippen LogP contribution in [0, 0.1) is 0 Å². The molecule has 1 N–H and O–H groups in total. The van der Waals surface area contributed by atoms with E-state index >= 15 is 0 Å². The quantitative estimate of drug-likeness (QED) is 0.720. The lowest BCUT2D eigenvalue weighted by Gasteiger charge is -1.93. The molecular weight excluding hydrogens is 246 g/mol. The number of fused-ring (bicyclic) bond motifs is 1. The summed E-state index contributed by atoms with van der Waals surface area (Å²) in [6.07, 6.45) is 4.58. The first-order chi connectivity index (χ1) is 9.36. The Labute approximate surface area is 108 Å². The fourth-order valence-corrected chi connectivity index (χ4v) is 1.66. The molecule has 7 heteroatoms. The second-order valence-electron chi connectivity index (χ2n) is 3.79. The van der Waals surface area contributed by atoms with Crippen LogP contribution in [-0.4, -0.2) is 33.3 Å². The molecule has 0 amide bonds. The van der Waals surface area contributed by atoms with Crippen molar-refractivity contribution >= 4 is 23.2 Å². The standard InChI is InChI=1S/C12H11N5O2/c1-18-5-9-3-2-8(19-9)4-13-11-10-12(15-6-14-10)17-7-16-11/h2-4,6-7H,5H2,1H3,(H,14,15,16,17). The molecule has 0 radical (unpaired) electrons. The number of aromatic nitrogens is 4. The minimum atomic E-state index is 0.437. The van der Waals surface area contributed by atoms with Crippen molar-refractivity contribution in [1.82, 2.24) is 19.9 Å². The Balaban J connectivity index is 1.87. The molecule has 3 heterocycles. The van der Waals surface area contributed by atoms with Crippen LogP contribution in [-0.2, 0) is 11.3 Å². The predicted molar refractivity (Wildman–Crippen MR) is 68.4 cm³/mol. The molecule has 0 saturated carbocycles. The molecule has 3 rings (SSSR count). The van der Waals surface area contributed by atoms with Crippen LogP contribution in [0.25, 0.3) is 11.2 Å². The van der Waals surface area contributed by atoms with Crippen molar-refractivity contribution in [1.29, 1.82) is 0 Å². The van der Waals surface area contributed by atoms with Gasteiger partial charge in [0.2, 0.25) is 0 Å². The Bertz CT molecular complexity index is 716. The van der Waals surface area contributed by atoms with E-state index in [2.05, 4.69) is 24.9 Å². The fraction of sp³-hybridized carbons (Fsp3) is 0.167. The Kier molecular flexibility index (Phi) is 3.03. The summed E-state index contributed by atoms with van der Waals surface area (Å²) in [5.41, 5.74) is 1.28. The van der Waals surface area contributed by atoms with Crippen LogP contribution < -0.4 is 0 Å². The summed E-state index contributed by atoms with van der Waals surface area (Å²) in [7, 11) is 1.62. The summed E-state index contributed by atoms with van der Waals surface area (Å²) < 4.78 is 10.5. The number of rotatable bonds is 4. The molecule has 0 atom stereocenters. The smallest absolute Gasteiger partial charge is 0.182 e. The Morgan fingerprint density at radius 3 is 3.21 bits per heavy atom. The zero-order valence-corrected chi connectivity index (χ0v) is 10.2. The maximum absolute atomic E-state index is 5.50. The number of nitrogens with one attached hydrogen (secondary N) is 1. The van der Waals surface area contributed by atoms with Crippen molar-refractivity contribution in [3.05, 3.63) is 36.3 Å². The topological polar surface area (TPSA) is 89.2 Å². The minimum absolute atomic E-state index is 0.437. The van der Waals surface area contributed by atoms with Gasteiger partial charge in [0.1, 0.15) is 30.0 Å². The van der Waals surface area contributed by atoms with E-state index in [9.17, 15) is 0 Å². The number of hydrogen-bond donors (Lipinski definition) is 1. The van der Waals surface area contributed by atoms with Gasteiger partial charge in [0.25, 0.3) is 0 Å². The Morgan fingerprint density at radius 1 is 1.37 bits per heavy atom. The van der Waals surface area contributed by atoms with Gasteiger partial charge in [-0.05, 0) is 12.1 Å². The number of hydrogen-bond acceptors (Lipinski definition) is 6. The number of methoxy groups -OCH3 is 1. The zero-order chi connectivity index (χ0) is 13.1. The third-order valence-corrected chi connectivity index (χ3v) is 2.49. The summed E-state index contributed by atoms with van der Waals surface area (Å²) in [5, 5.41) is 0. The van der Waals surface area contributed by atoms with Crippen molar-refractivity contribution in [3.63, 3.8) is 0 Å². The first-order valence-electron chi connectivity index (χ1n) is 5.62. The van der Waals surface area contributed by atoms with Crippen LogP contribution in [0.1, 0.15) is 11.5 Å². The molecule has 0 saturated heterocycles. The largest absolute Gasteiger partial charge is 0.458 e. The van der Waals surface area contributed by atoms with Gasteiger partial charge < -0.3 is 14.1 Å². The highest BCUT2D eigenvalue weighted by Gasteiger charge is 2.04. The second kappa shape index (κ2) is 4.99. The molecule has 0 aliphatic carbocycles. The number of aromatic amines is 1. The van der Waals surface area contributed by atoms with E-state index in [0.717, 1.165) is 5.76 Å². The third kappa shape index (κ3) is 2.36. The van der Waals surface area contributed by atoms with Crippen LogP contribution in [0.2, 0.25) is 0 Å². The van der Waals surface area contributed by atoms with Gasteiger partial charge in [-0.25, -0.2) is 19.9 Å². The van der Waals surface area contributed by atoms with Gasteiger partial charge in [0.15, 0.2) is 11.5 Å². The van der Waals surface area contributed by atoms with Crippen molar-refractivity contribution in [3.8, 4) is 0 Å².